The van der Waals surface area contributed by atoms with Crippen molar-refractivity contribution < 1.29 is 28.9 Å². The largest absolute Gasteiger partial charge is 0.504 e. The third-order valence-corrected chi connectivity index (χ3v) is 5.58. The standard InChI is InChI=1S/C25H38O6/c1-14(2)9-11-16-20(24-30-18(26)13-19(27)31-24)17(12-10-15(3)4)23(29-8)22(28)21(16)25(5,6)7/h14-15,24,28H,9-13H2,1-8H3. The number of phenols is 1. The van der Waals surface area contributed by atoms with Gasteiger partial charge >= 0.3 is 11.9 Å². The van der Waals surface area contributed by atoms with Crippen molar-refractivity contribution in [2.24, 2.45) is 11.8 Å². The van der Waals surface area contributed by atoms with Gasteiger partial charge in [-0.05, 0) is 48.5 Å². The molecular weight excluding hydrogens is 396 g/mol. The van der Waals surface area contributed by atoms with Gasteiger partial charge in [0, 0.05) is 16.7 Å². The first-order valence-electron chi connectivity index (χ1n) is 11.2. The summed E-state index contributed by atoms with van der Waals surface area (Å²) in [5.74, 6) is 0.125. The number of rotatable bonds is 8. The number of hydrogen-bond acceptors (Lipinski definition) is 6. The van der Waals surface area contributed by atoms with Crippen LogP contribution in [0, 0.1) is 11.8 Å². The Kier molecular flexibility index (Phi) is 8.01. The molecule has 0 saturated carbocycles. The minimum Gasteiger partial charge on any atom is -0.504 e. The normalized spacial score (nSPS) is 15.4. The Morgan fingerprint density at radius 1 is 0.968 bits per heavy atom. The van der Waals surface area contributed by atoms with E-state index >= 15 is 0 Å². The SMILES string of the molecule is COc1c(O)c(C(C)(C)C)c(CCC(C)C)c(C2OC(=O)CC(=O)O2)c1CCC(C)C. The number of hydrogen-bond donors (Lipinski definition) is 1. The van der Waals surface area contributed by atoms with Crippen molar-refractivity contribution in [3.05, 3.63) is 22.3 Å². The predicted octanol–water partition coefficient (Wildman–Crippen LogP) is 5.36. The van der Waals surface area contributed by atoms with E-state index in [0.717, 1.165) is 29.5 Å². The molecule has 1 aromatic carbocycles. The van der Waals surface area contributed by atoms with Gasteiger partial charge in [0.2, 0.25) is 0 Å². The first-order chi connectivity index (χ1) is 14.4. The fraction of sp³-hybridized carbons (Fsp3) is 0.680. The summed E-state index contributed by atoms with van der Waals surface area (Å²) in [5, 5.41) is 11.3. The monoisotopic (exact) mass is 434 g/mol. The van der Waals surface area contributed by atoms with E-state index < -0.39 is 23.6 Å². The van der Waals surface area contributed by atoms with E-state index in [9.17, 15) is 14.7 Å². The van der Waals surface area contributed by atoms with Gasteiger partial charge in [-0.1, -0.05) is 48.5 Å². The van der Waals surface area contributed by atoms with E-state index in [1.54, 1.807) is 0 Å². The maximum absolute atomic E-state index is 12.1. The number of aromatic hydroxyl groups is 1. The van der Waals surface area contributed by atoms with Crippen molar-refractivity contribution in [2.45, 2.75) is 92.3 Å². The molecule has 1 N–H and O–H groups in total. The molecule has 0 bridgehead atoms. The summed E-state index contributed by atoms with van der Waals surface area (Å²) in [6, 6.07) is 0. The van der Waals surface area contributed by atoms with E-state index in [4.69, 9.17) is 14.2 Å². The van der Waals surface area contributed by atoms with Crippen LogP contribution in [0.2, 0.25) is 0 Å². The van der Waals surface area contributed by atoms with Crippen LogP contribution >= 0.6 is 0 Å². The molecule has 1 aliphatic heterocycles. The molecule has 0 amide bonds. The van der Waals surface area contributed by atoms with E-state index in [0.29, 0.717) is 36.0 Å². The minimum absolute atomic E-state index is 0.115. The molecule has 6 heteroatoms. The zero-order valence-electron chi connectivity index (χ0n) is 20.3. The molecule has 1 heterocycles. The number of ether oxygens (including phenoxy) is 3. The van der Waals surface area contributed by atoms with Crippen LogP contribution in [0.1, 0.15) is 96.3 Å². The smallest absolute Gasteiger partial charge is 0.320 e. The molecule has 1 saturated heterocycles. The number of carbonyl (C=O) groups is 2. The molecule has 1 aromatic rings. The zero-order chi connectivity index (χ0) is 23.5. The highest BCUT2D eigenvalue weighted by Crippen LogP contribution is 2.49. The molecule has 0 unspecified atom stereocenters. The second kappa shape index (κ2) is 9.92. The number of cyclic esters (lactones) is 2. The van der Waals surface area contributed by atoms with Gasteiger partial charge in [0.05, 0.1) is 7.11 Å². The average molecular weight is 435 g/mol. The van der Waals surface area contributed by atoms with Crippen LogP contribution in [-0.2, 0) is 37.3 Å². The van der Waals surface area contributed by atoms with Gasteiger partial charge in [0.1, 0.15) is 6.42 Å². The Morgan fingerprint density at radius 3 is 1.87 bits per heavy atom. The van der Waals surface area contributed by atoms with Crippen LogP contribution in [-0.4, -0.2) is 24.2 Å². The predicted molar refractivity (Wildman–Crippen MR) is 119 cm³/mol. The highest BCUT2D eigenvalue weighted by Gasteiger charge is 2.38. The second-order valence-electron chi connectivity index (χ2n) is 10.2. The first kappa shape index (κ1) is 25.0. The van der Waals surface area contributed by atoms with Crippen molar-refractivity contribution in [3.63, 3.8) is 0 Å². The van der Waals surface area contributed by atoms with E-state index in [1.807, 2.05) is 20.8 Å². The Bertz CT molecular complexity index is 801. The number of esters is 2. The van der Waals surface area contributed by atoms with Gasteiger partial charge in [-0.2, -0.15) is 0 Å². The molecule has 31 heavy (non-hydrogen) atoms. The third-order valence-electron chi connectivity index (χ3n) is 5.58. The van der Waals surface area contributed by atoms with Gasteiger partial charge in [0.25, 0.3) is 6.29 Å². The van der Waals surface area contributed by atoms with Gasteiger partial charge in [-0.15, -0.1) is 0 Å². The lowest BCUT2D eigenvalue weighted by molar-refractivity contribution is -0.205. The molecule has 0 atom stereocenters. The van der Waals surface area contributed by atoms with Gasteiger partial charge < -0.3 is 19.3 Å². The fourth-order valence-electron chi connectivity index (χ4n) is 4.11. The summed E-state index contributed by atoms with van der Waals surface area (Å²) in [7, 11) is 1.52. The molecule has 2 rings (SSSR count). The first-order valence-corrected chi connectivity index (χ1v) is 11.2. The number of phenolic OH excluding ortho intramolecular Hbond substituents is 1. The molecule has 1 fully saturated rings. The van der Waals surface area contributed by atoms with Crippen LogP contribution in [0.15, 0.2) is 0 Å². The second-order valence-corrected chi connectivity index (χ2v) is 10.2. The van der Waals surface area contributed by atoms with E-state index in [2.05, 4.69) is 27.7 Å². The summed E-state index contributed by atoms with van der Waals surface area (Å²) < 4.78 is 16.7. The maximum Gasteiger partial charge on any atom is 0.320 e. The minimum atomic E-state index is -1.13. The average Bonchev–Trinajstić information content (AvgIpc) is 2.62. The highest BCUT2D eigenvalue weighted by atomic mass is 16.7. The lowest BCUT2D eigenvalue weighted by Crippen LogP contribution is -2.30. The molecular formula is C25H38O6. The van der Waals surface area contributed by atoms with E-state index in [-0.39, 0.29) is 12.2 Å². The lowest BCUT2D eigenvalue weighted by atomic mass is 9.77. The Hall–Kier alpha value is -2.24. The lowest BCUT2D eigenvalue weighted by Gasteiger charge is -2.33. The van der Waals surface area contributed by atoms with Gasteiger partial charge in [-0.25, -0.2) is 0 Å². The third kappa shape index (κ3) is 5.92. The summed E-state index contributed by atoms with van der Waals surface area (Å²) in [4.78, 5) is 24.2. The molecule has 0 aromatic heterocycles. The molecule has 6 nitrogen and oxygen atoms in total. The molecule has 0 radical (unpaired) electrons. The molecule has 174 valence electrons. The fourth-order valence-corrected chi connectivity index (χ4v) is 4.11. The van der Waals surface area contributed by atoms with Crippen LogP contribution in [0.5, 0.6) is 11.5 Å². The number of benzene rings is 1. The van der Waals surface area contributed by atoms with Crippen molar-refractivity contribution >= 4 is 11.9 Å². The Balaban J connectivity index is 2.86. The van der Waals surface area contributed by atoms with Crippen LogP contribution in [0.3, 0.4) is 0 Å². The summed E-state index contributed by atoms with van der Waals surface area (Å²) in [6.45, 7) is 14.6. The van der Waals surface area contributed by atoms with Crippen molar-refractivity contribution in [1.82, 2.24) is 0 Å². The topological polar surface area (TPSA) is 82.1 Å². The summed E-state index contributed by atoms with van der Waals surface area (Å²) in [5.41, 5.74) is 2.62. The van der Waals surface area contributed by atoms with Crippen molar-refractivity contribution in [3.8, 4) is 11.5 Å². The summed E-state index contributed by atoms with van der Waals surface area (Å²) in [6.07, 6.45) is 1.47. The zero-order valence-corrected chi connectivity index (χ0v) is 20.3. The molecule has 0 spiro atoms. The summed E-state index contributed by atoms with van der Waals surface area (Å²) >= 11 is 0. The quantitative estimate of drug-likeness (QED) is 0.438. The number of carbonyl (C=O) groups excluding carboxylic acids is 2. The molecule has 1 aliphatic rings. The Morgan fingerprint density at radius 2 is 1.45 bits per heavy atom. The maximum atomic E-state index is 12.1. The van der Waals surface area contributed by atoms with Gasteiger partial charge in [-0.3, -0.25) is 9.59 Å². The van der Waals surface area contributed by atoms with Crippen LogP contribution < -0.4 is 4.74 Å². The van der Waals surface area contributed by atoms with E-state index in [1.165, 1.54) is 7.11 Å². The molecule has 0 aliphatic carbocycles. The van der Waals surface area contributed by atoms with Crippen molar-refractivity contribution in [2.75, 3.05) is 7.11 Å². The van der Waals surface area contributed by atoms with Crippen molar-refractivity contribution in [1.29, 1.82) is 0 Å². The Labute approximate surface area is 186 Å². The van der Waals surface area contributed by atoms with Gasteiger partial charge in [0.15, 0.2) is 11.5 Å². The highest BCUT2D eigenvalue weighted by molar-refractivity contribution is 5.92. The number of methoxy groups -OCH3 is 1. The van der Waals surface area contributed by atoms with Crippen LogP contribution in [0.25, 0.3) is 0 Å². The van der Waals surface area contributed by atoms with Crippen LogP contribution in [0.4, 0.5) is 0 Å².